The minimum absolute atomic E-state index is 0.302. The molecule has 1 amide bonds. The Balaban J connectivity index is 1.80. The van der Waals surface area contributed by atoms with Crippen molar-refractivity contribution in [3.8, 4) is 5.75 Å². The summed E-state index contributed by atoms with van der Waals surface area (Å²) in [5, 5.41) is 6.31. The summed E-state index contributed by atoms with van der Waals surface area (Å²) in [5.41, 5.74) is 4.99. The quantitative estimate of drug-likeness (QED) is 0.585. The van der Waals surface area contributed by atoms with Gasteiger partial charge in [0.05, 0.1) is 18.9 Å². The molecule has 0 aliphatic heterocycles. The fraction of sp³-hybridized carbons (Fsp3) is 0.100. The van der Waals surface area contributed by atoms with Crippen molar-refractivity contribution in [2.45, 2.75) is 6.92 Å². The molecule has 1 N–H and O–H groups in total. The van der Waals surface area contributed by atoms with Crippen molar-refractivity contribution in [1.29, 1.82) is 0 Å². The number of nitrogens with one attached hydrogen (secondary N) is 1. The lowest BCUT2D eigenvalue weighted by molar-refractivity contribution is 0.0952. The molecule has 24 heavy (non-hydrogen) atoms. The number of hydrogen-bond donors (Lipinski definition) is 1. The van der Waals surface area contributed by atoms with Crippen LogP contribution in [0.4, 0.5) is 0 Å². The second kappa shape index (κ2) is 6.96. The monoisotopic (exact) mass is 318 g/mol. The van der Waals surface area contributed by atoms with Gasteiger partial charge < -0.3 is 4.74 Å². The smallest absolute Gasteiger partial charge is 0.275 e. The van der Waals surface area contributed by atoms with Crippen LogP contribution in [-0.4, -0.2) is 19.2 Å². The molecule has 3 aromatic carbocycles. The molecule has 0 saturated carbocycles. The first-order chi connectivity index (χ1) is 11.7. The molecular weight excluding hydrogens is 300 g/mol. The maximum atomic E-state index is 12.3. The van der Waals surface area contributed by atoms with E-state index in [-0.39, 0.29) is 5.91 Å². The Hall–Kier alpha value is -3.14. The third-order valence-electron chi connectivity index (χ3n) is 3.79. The van der Waals surface area contributed by atoms with E-state index in [4.69, 9.17) is 4.74 Å². The molecule has 0 bridgehead atoms. The highest BCUT2D eigenvalue weighted by Crippen LogP contribution is 2.20. The Bertz CT molecular complexity index is 911. The molecule has 0 atom stereocenters. The summed E-state index contributed by atoms with van der Waals surface area (Å²) in [6.45, 7) is 1.95. The number of fused-ring (bicyclic) bond motifs is 1. The van der Waals surface area contributed by atoms with Gasteiger partial charge in [-0.15, -0.1) is 0 Å². The van der Waals surface area contributed by atoms with E-state index in [1.54, 1.807) is 19.4 Å². The Morgan fingerprint density at radius 1 is 1.08 bits per heavy atom. The molecule has 3 rings (SSSR count). The highest BCUT2D eigenvalue weighted by atomic mass is 16.5. The SMILES string of the molecule is COc1cc(C)ccc1C(=O)NN=Cc1cccc2ccccc12. The molecule has 0 radical (unpaired) electrons. The highest BCUT2D eigenvalue weighted by molar-refractivity contribution is 6.01. The van der Waals surface area contributed by atoms with Crippen molar-refractivity contribution in [2.75, 3.05) is 7.11 Å². The number of carbonyl (C=O) groups excluding carboxylic acids is 1. The average Bonchev–Trinajstić information content (AvgIpc) is 2.61. The summed E-state index contributed by atoms with van der Waals surface area (Å²) in [4.78, 5) is 12.3. The van der Waals surface area contributed by atoms with Crippen molar-refractivity contribution in [2.24, 2.45) is 5.10 Å². The Morgan fingerprint density at radius 2 is 1.88 bits per heavy atom. The van der Waals surface area contributed by atoms with E-state index in [0.29, 0.717) is 11.3 Å². The molecular formula is C20H18N2O2. The van der Waals surface area contributed by atoms with Crippen LogP contribution in [0.2, 0.25) is 0 Å². The van der Waals surface area contributed by atoms with Crippen molar-refractivity contribution >= 4 is 22.9 Å². The highest BCUT2D eigenvalue weighted by Gasteiger charge is 2.11. The van der Waals surface area contributed by atoms with E-state index in [1.807, 2.05) is 61.5 Å². The molecule has 0 aliphatic carbocycles. The summed E-state index contributed by atoms with van der Waals surface area (Å²) < 4.78 is 5.26. The number of ether oxygens (including phenoxy) is 1. The maximum Gasteiger partial charge on any atom is 0.275 e. The minimum atomic E-state index is -0.302. The first-order valence-electron chi connectivity index (χ1n) is 7.65. The van der Waals surface area contributed by atoms with Crippen LogP contribution in [0.5, 0.6) is 5.75 Å². The van der Waals surface area contributed by atoms with Crippen LogP contribution in [0, 0.1) is 6.92 Å². The number of rotatable bonds is 4. The number of hydrogen-bond acceptors (Lipinski definition) is 3. The normalized spacial score (nSPS) is 10.9. The van der Waals surface area contributed by atoms with Crippen molar-refractivity contribution in [3.63, 3.8) is 0 Å². The number of nitrogens with zero attached hydrogens (tertiary/aromatic N) is 1. The van der Waals surface area contributed by atoms with Crippen LogP contribution < -0.4 is 10.2 Å². The van der Waals surface area contributed by atoms with Gasteiger partial charge in [-0.05, 0) is 35.4 Å². The molecule has 0 saturated heterocycles. The third-order valence-corrected chi connectivity index (χ3v) is 3.79. The number of benzene rings is 3. The van der Waals surface area contributed by atoms with E-state index in [2.05, 4.69) is 10.5 Å². The topological polar surface area (TPSA) is 50.7 Å². The zero-order valence-electron chi connectivity index (χ0n) is 13.6. The van der Waals surface area contributed by atoms with Crippen molar-refractivity contribution < 1.29 is 9.53 Å². The minimum Gasteiger partial charge on any atom is -0.496 e. The Morgan fingerprint density at radius 3 is 2.71 bits per heavy atom. The molecule has 0 heterocycles. The van der Waals surface area contributed by atoms with Crippen LogP contribution in [-0.2, 0) is 0 Å². The molecule has 0 fully saturated rings. The molecule has 0 spiro atoms. The van der Waals surface area contributed by atoms with Crippen LogP contribution in [0.3, 0.4) is 0 Å². The predicted octanol–water partition coefficient (Wildman–Crippen LogP) is 3.92. The van der Waals surface area contributed by atoms with Crippen LogP contribution >= 0.6 is 0 Å². The van der Waals surface area contributed by atoms with Gasteiger partial charge >= 0.3 is 0 Å². The molecule has 0 aliphatic rings. The van der Waals surface area contributed by atoms with Gasteiger partial charge in [-0.1, -0.05) is 48.5 Å². The standard InChI is InChI=1S/C20H18N2O2/c1-14-10-11-18(19(12-14)24-2)20(23)22-21-13-16-8-5-7-15-6-3-4-9-17(15)16/h3-13H,1-2H3,(H,22,23). The summed E-state index contributed by atoms with van der Waals surface area (Å²) in [6, 6.07) is 19.4. The Kier molecular flexibility index (Phi) is 4.57. The van der Waals surface area contributed by atoms with Gasteiger partial charge in [0.2, 0.25) is 0 Å². The third kappa shape index (κ3) is 3.27. The molecule has 4 nitrogen and oxygen atoms in total. The number of aryl methyl sites for hydroxylation is 1. The average molecular weight is 318 g/mol. The lowest BCUT2D eigenvalue weighted by Gasteiger charge is -2.07. The van der Waals surface area contributed by atoms with E-state index in [9.17, 15) is 4.79 Å². The predicted molar refractivity (Wildman–Crippen MR) is 96.7 cm³/mol. The summed E-state index contributed by atoms with van der Waals surface area (Å²) in [7, 11) is 1.55. The van der Waals surface area contributed by atoms with Crippen LogP contribution in [0.15, 0.2) is 65.8 Å². The molecule has 3 aromatic rings. The van der Waals surface area contributed by atoms with E-state index >= 15 is 0 Å². The van der Waals surface area contributed by atoms with Crippen LogP contribution in [0.25, 0.3) is 10.8 Å². The van der Waals surface area contributed by atoms with Gasteiger partial charge in [0.1, 0.15) is 5.75 Å². The van der Waals surface area contributed by atoms with Crippen LogP contribution in [0.1, 0.15) is 21.5 Å². The van der Waals surface area contributed by atoms with Gasteiger partial charge in [-0.3, -0.25) is 4.79 Å². The number of amides is 1. The van der Waals surface area contributed by atoms with Crippen molar-refractivity contribution in [3.05, 3.63) is 77.4 Å². The van der Waals surface area contributed by atoms with Gasteiger partial charge in [0.15, 0.2) is 0 Å². The number of hydrazone groups is 1. The molecule has 0 aromatic heterocycles. The first kappa shape index (κ1) is 15.7. The van der Waals surface area contributed by atoms with Gasteiger partial charge in [-0.25, -0.2) is 5.43 Å². The zero-order chi connectivity index (χ0) is 16.9. The number of carbonyl (C=O) groups is 1. The second-order valence-corrected chi connectivity index (χ2v) is 5.47. The van der Waals surface area contributed by atoms with Gasteiger partial charge in [0.25, 0.3) is 5.91 Å². The van der Waals surface area contributed by atoms with Gasteiger partial charge in [0, 0.05) is 5.56 Å². The van der Waals surface area contributed by atoms with Crippen molar-refractivity contribution in [1.82, 2.24) is 5.43 Å². The first-order valence-corrected chi connectivity index (χ1v) is 7.65. The van der Waals surface area contributed by atoms with E-state index in [0.717, 1.165) is 21.9 Å². The lowest BCUT2D eigenvalue weighted by atomic mass is 10.1. The molecule has 120 valence electrons. The summed E-state index contributed by atoms with van der Waals surface area (Å²) in [5.74, 6) is 0.233. The fourth-order valence-corrected chi connectivity index (χ4v) is 2.57. The van der Waals surface area contributed by atoms with E-state index < -0.39 is 0 Å². The fourth-order valence-electron chi connectivity index (χ4n) is 2.57. The largest absolute Gasteiger partial charge is 0.496 e. The van der Waals surface area contributed by atoms with E-state index in [1.165, 1.54) is 0 Å². The van der Waals surface area contributed by atoms with Gasteiger partial charge in [-0.2, -0.15) is 5.10 Å². The Labute approximate surface area is 140 Å². The zero-order valence-corrected chi connectivity index (χ0v) is 13.6. The number of methoxy groups -OCH3 is 1. The molecule has 4 heteroatoms. The maximum absolute atomic E-state index is 12.3. The molecule has 0 unspecified atom stereocenters. The second-order valence-electron chi connectivity index (χ2n) is 5.47. The summed E-state index contributed by atoms with van der Waals surface area (Å²) in [6.07, 6.45) is 1.65. The lowest BCUT2D eigenvalue weighted by Crippen LogP contribution is -2.18. The summed E-state index contributed by atoms with van der Waals surface area (Å²) >= 11 is 0.